The molecule has 1 aromatic heterocycles. The van der Waals surface area contributed by atoms with Crippen LogP contribution in [0.1, 0.15) is 18.5 Å². The van der Waals surface area contributed by atoms with E-state index in [0.717, 1.165) is 43.9 Å². The van der Waals surface area contributed by atoms with Crippen molar-refractivity contribution < 1.29 is 4.79 Å². The van der Waals surface area contributed by atoms with Crippen LogP contribution in [0, 0.1) is 5.92 Å². The molecule has 1 amide bonds. The Morgan fingerprint density at radius 1 is 1.58 bits per heavy atom. The van der Waals surface area contributed by atoms with E-state index in [1.807, 2.05) is 24.1 Å². The maximum Gasteiger partial charge on any atom is 0.245 e. The Labute approximate surface area is 113 Å². The quantitative estimate of drug-likeness (QED) is 0.833. The first-order valence-corrected chi connectivity index (χ1v) is 6.64. The summed E-state index contributed by atoms with van der Waals surface area (Å²) in [6.45, 7) is 5.17. The third-order valence-corrected chi connectivity index (χ3v) is 3.48. The van der Waals surface area contributed by atoms with Crippen molar-refractivity contribution in [3.63, 3.8) is 0 Å². The molecule has 1 aliphatic heterocycles. The van der Waals surface area contributed by atoms with E-state index in [2.05, 4.69) is 22.1 Å². The third kappa shape index (κ3) is 3.53. The highest BCUT2D eigenvalue weighted by atomic mass is 16.2. The Kier molecular flexibility index (Phi) is 4.49. The van der Waals surface area contributed by atoms with Gasteiger partial charge in [-0.2, -0.15) is 5.10 Å². The lowest BCUT2D eigenvalue weighted by molar-refractivity contribution is -0.127. The number of hydrogen-bond donors (Lipinski definition) is 1. The topological polar surface area (TPSA) is 58.1 Å². The molecule has 1 aromatic rings. The van der Waals surface area contributed by atoms with E-state index in [-0.39, 0.29) is 5.91 Å². The van der Waals surface area contributed by atoms with Crippen LogP contribution in [0.3, 0.4) is 0 Å². The van der Waals surface area contributed by atoms with Crippen LogP contribution < -0.4 is 5.32 Å². The molecule has 0 bridgehead atoms. The lowest BCUT2D eigenvalue weighted by Crippen LogP contribution is -2.39. The number of carbonyl (C=O) groups excluding carboxylic acids is 1. The molecule has 102 valence electrons. The summed E-state index contributed by atoms with van der Waals surface area (Å²) in [6.07, 6.45) is 4.45. The van der Waals surface area contributed by atoms with E-state index in [1.165, 1.54) is 6.08 Å². The van der Waals surface area contributed by atoms with Gasteiger partial charge in [0.25, 0.3) is 0 Å². The first kappa shape index (κ1) is 13.5. The number of nitrogens with zero attached hydrogens (tertiary/aromatic N) is 3. The Morgan fingerprint density at radius 3 is 3.05 bits per heavy atom. The Balaban J connectivity index is 1.94. The molecule has 0 radical (unpaired) electrons. The number of piperidine rings is 1. The highest BCUT2D eigenvalue weighted by Gasteiger charge is 2.22. The van der Waals surface area contributed by atoms with Gasteiger partial charge in [-0.1, -0.05) is 6.58 Å². The maximum absolute atomic E-state index is 11.6. The van der Waals surface area contributed by atoms with Gasteiger partial charge >= 0.3 is 0 Å². The summed E-state index contributed by atoms with van der Waals surface area (Å²) in [7, 11) is 1.82. The second-order valence-corrected chi connectivity index (χ2v) is 4.86. The summed E-state index contributed by atoms with van der Waals surface area (Å²) in [5, 5.41) is 11.2. The molecule has 0 spiro atoms. The predicted octanol–water partition coefficient (Wildman–Crippen LogP) is 1.49. The van der Waals surface area contributed by atoms with Gasteiger partial charge in [-0.05, 0) is 43.4 Å². The standard InChI is InChI=1S/C14H20N4O/c1-3-14(19)18-8-4-5-11(10-18)9-12-6-7-13(15-2)17-16-12/h3,6-7,11H,1,4-5,8-10H2,2H3,(H,15,17). The molecule has 1 fully saturated rings. The van der Waals surface area contributed by atoms with Gasteiger partial charge in [0, 0.05) is 20.1 Å². The Bertz CT molecular complexity index is 443. The normalized spacial score (nSPS) is 19.0. The van der Waals surface area contributed by atoms with E-state index in [4.69, 9.17) is 0 Å². The number of aromatic nitrogens is 2. The molecule has 1 aliphatic rings. The largest absolute Gasteiger partial charge is 0.372 e. The van der Waals surface area contributed by atoms with Gasteiger partial charge < -0.3 is 10.2 Å². The van der Waals surface area contributed by atoms with Gasteiger partial charge in [0.15, 0.2) is 0 Å². The molecule has 1 N–H and O–H groups in total. The number of nitrogens with one attached hydrogen (secondary N) is 1. The Hall–Kier alpha value is -1.91. The van der Waals surface area contributed by atoms with Crippen LogP contribution in [0.5, 0.6) is 0 Å². The number of anilines is 1. The molecule has 0 aliphatic carbocycles. The van der Waals surface area contributed by atoms with Crippen molar-refractivity contribution in [3.8, 4) is 0 Å². The SMILES string of the molecule is C=CC(=O)N1CCCC(Cc2ccc(NC)nn2)C1. The van der Waals surface area contributed by atoms with Crippen molar-refractivity contribution in [2.24, 2.45) is 5.92 Å². The fourth-order valence-corrected chi connectivity index (χ4v) is 2.46. The molecule has 5 heteroatoms. The summed E-state index contributed by atoms with van der Waals surface area (Å²) < 4.78 is 0. The van der Waals surface area contributed by atoms with Crippen molar-refractivity contribution in [1.29, 1.82) is 0 Å². The van der Waals surface area contributed by atoms with Crippen molar-refractivity contribution in [1.82, 2.24) is 15.1 Å². The predicted molar refractivity (Wildman–Crippen MR) is 74.8 cm³/mol. The summed E-state index contributed by atoms with van der Waals surface area (Å²) in [5.74, 6) is 1.27. The summed E-state index contributed by atoms with van der Waals surface area (Å²) in [4.78, 5) is 13.5. The minimum Gasteiger partial charge on any atom is -0.372 e. The fourth-order valence-electron chi connectivity index (χ4n) is 2.46. The van der Waals surface area contributed by atoms with Gasteiger partial charge in [0.1, 0.15) is 5.82 Å². The van der Waals surface area contributed by atoms with E-state index in [9.17, 15) is 4.79 Å². The third-order valence-electron chi connectivity index (χ3n) is 3.48. The van der Waals surface area contributed by atoms with Crippen molar-refractivity contribution in [2.75, 3.05) is 25.5 Å². The summed E-state index contributed by atoms with van der Waals surface area (Å²) >= 11 is 0. The lowest BCUT2D eigenvalue weighted by Gasteiger charge is -2.31. The van der Waals surface area contributed by atoms with Crippen LogP contribution in [0.25, 0.3) is 0 Å². The minimum absolute atomic E-state index is 0.0290. The molecule has 0 saturated carbocycles. The fraction of sp³-hybridized carbons (Fsp3) is 0.500. The number of amides is 1. The number of carbonyl (C=O) groups is 1. The molecular weight excluding hydrogens is 240 g/mol. The summed E-state index contributed by atoms with van der Waals surface area (Å²) in [5.41, 5.74) is 0.983. The van der Waals surface area contributed by atoms with Crippen LogP contribution in [0.2, 0.25) is 0 Å². The molecule has 1 saturated heterocycles. The van der Waals surface area contributed by atoms with Crippen LogP contribution in [0.15, 0.2) is 24.8 Å². The molecule has 2 heterocycles. The first-order valence-electron chi connectivity index (χ1n) is 6.64. The van der Waals surface area contributed by atoms with E-state index < -0.39 is 0 Å². The summed E-state index contributed by atoms with van der Waals surface area (Å²) in [6, 6.07) is 3.92. The molecular formula is C14H20N4O. The monoisotopic (exact) mass is 260 g/mol. The zero-order valence-corrected chi connectivity index (χ0v) is 11.3. The molecule has 5 nitrogen and oxygen atoms in total. The van der Waals surface area contributed by atoms with Crippen LogP contribution in [-0.2, 0) is 11.2 Å². The molecule has 1 unspecified atom stereocenters. The molecule has 0 aromatic carbocycles. The smallest absolute Gasteiger partial charge is 0.245 e. The van der Waals surface area contributed by atoms with Gasteiger partial charge in [-0.25, -0.2) is 0 Å². The maximum atomic E-state index is 11.6. The molecule has 2 rings (SSSR count). The zero-order valence-electron chi connectivity index (χ0n) is 11.3. The zero-order chi connectivity index (χ0) is 13.7. The molecule has 1 atom stereocenters. The van der Waals surface area contributed by atoms with E-state index in [1.54, 1.807) is 0 Å². The van der Waals surface area contributed by atoms with E-state index in [0.29, 0.717) is 5.92 Å². The second kappa shape index (κ2) is 6.31. The minimum atomic E-state index is 0.0290. The van der Waals surface area contributed by atoms with Gasteiger partial charge in [-0.15, -0.1) is 5.10 Å². The van der Waals surface area contributed by atoms with Crippen LogP contribution in [-0.4, -0.2) is 41.1 Å². The average molecular weight is 260 g/mol. The first-order chi connectivity index (χ1) is 9.22. The number of hydrogen-bond acceptors (Lipinski definition) is 4. The molecule has 19 heavy (non-hydrogen) atoms. The van der Waals surface area contributed by atoms with Gasteiger partial charge in [0.2, 0.25) is 5.91 Å². The van der Waals surface area contributed by atoms with Crippen LogP contribution in [0.4, 0.5) is 5.82 Å². The van der Waals surface area contributed by atoms with Crippen LogP contribution >= 0.6 is 0 Å². The number of rotatable bonds is 4. The van der Waals surface area contributed by atoms with Gasteiger partial charge in [-0.3, -0.25) is 4.79 Å². The van der Waals surface area contributed by atoms with Gasteiger partial charge in [0.05, 0.1) is 5.69 Å². The van der Waals surface area contributed by atoms with Crippen molar-refractivity contribution in [3.05, 3.63) is 30.5 Å². The van der Waals surface area contributed by atoms with Crippen molar-refractivity contribution in [2.45, 2.75) is 19.3 Å². The second-order valence-electron chi connectivity index (χ2n) is 4.86. The average Bonchev–Trinajstić information content (AvgIpc) is 2.47. The van der Waals surface area contributed by atoms with Crippen molar-refractivity contribution >= 4 is 11.7 Å². The number of likely N-dealkylation sites (tertiary alicyclic amines) is 1. The lowest BCUT2D eigenvalue weighted by atomic mass is 9.93. The van der Waals surface area contributed by atoms with E-state index >= 15 is 0 Å². The highest BCUT2D eigenvalue weighted by Crippen LogP contribution is 2.20. The highest BCUT2D eigenvalue weighted by molar-refractivity contribution is 5.87. The Morgan fingerprint density at radius 2 is 2.42 bits per heavy atom.